The van der Waals surface area contributed by atoms with Crippen LogP contribution in [0.3, 0.4) is 0 Å². The second-order valence-corrected chi connectivity index (χ2v) is 4.66. The van der Waals surface area contributed by atoms with E-state index >= 15 is 0 Å². The number of benzene rings is 1. The molecule has 19 heavy (non-hydrogen) atoms. The number of rotatable bonds is 7. The Hall–Kier alpha value is -1.20. The molecule has 0 unspecified atom stereocenters. The van der Waals surface area contributed by atoms with Gasteiger partial charge in [0.05, 0.1) is 0 Å². The molecule has 0 heterocycles. The van der Waals surface area contributed by atoms with E-state index in [9.17, 15) is 4.39 Å². The van der Waals surface area contributed by atoms with Gasteiger partial charge in [0, 0.05) is 33.4 Å². The molecular weight excluding hydrogens is 263 g/mol. The lowest BCUT2D eigenvalue weighted by atomic mass is 10.2. The molecule has 1 aromatic rings. The summed E-state index contributed by atoms with van der Waals surface area (Å²) in [6, 6.07) is 6.55. The maximum absolute atomic E-state index is 13.1. The summed E-state index contributed by atoms with van der Waals surface area (Å²) in [6.45, 7) is 4.83. The van der Waals surface area contributed by atoms with E-state index in [4.69, 9.17) is 17.0 Å². The van der Waals surface area contributed by atoms with Crippen molar-refractivity contribution in [3.63, 3.8) is 0 Å². The summed E-state index contributed by atoms with van der Waals surface area (Å²) in [7, 11) is 1.89. The third-order valence-corrected chi connectivity index (χ3v) is 3.06. The lowest BCUT2D eigenvalue weighted by Gasteiger charge is -2.21. The summed E-state index contributed by atoms with van der Waals surface area (Å²) in [5.74, 6) is -0.221. The quantitative estimate of drug-likeness (QED) is 0.614. The van der Waals surface area contributed by atoms with E-state index in [1.54, 1.807) is 6.07 Å². The lowest BCUT2D eigenvalue weighted by molar-refractivity contribution is 0.145. The van der Waals surface area contributed by atoms with Crippen molar-refractivity contribution in [2.75, 3.05) is 26.8 Å². The van der Waals surface area contributed by atoms with E-state index in [-0.39, 0.29) is 5.82 Å². The van der Waals surface area contributed by atoms with Gasteiger partial charge in [-0.25, -0.2) is 4.39 Å². The lowest BCUT2D eigenvalue weighted by Crippen LogP contribution is -2.37. The van der Waals surface area contributed by atoms with Crippen LogP contribution in [0, 0.1) is 5.82 Å². The normalized spacial score (nSPS) is 10.3. The summed E-state index contributed by atoms with van der Waals surface area (Å²) < 4.78 is 18.3. The van der Waals surface area contributed by atoms with Crippen molar-refractivity contribution < 1.29 is 9.13 Å². The topological polar surface area (TPSA) is 24.5 Å². The molecule has 0 aliphatic carbocycles. The smallest absolute Gasteiger partial charge is 0.168 e. The van der Waals surface area contributed by atoms with E-state index in [1.165, 1.54) is 12.1 Å². The largest absolute Gasteiger partial charge is 0.382 e. The Bertz CT molecular complexity index is 401. The Morgan fingerprint density at radius 2 is 2.26 bits per heavy atom. The zero-order chi connectivity index (χ0) is 14.1. The van der Waals surface area contributed by atoms with Gasteiger partial charge in [0.25, 0.3) is 0 Å². The second kappa shape index (κ2) is 8.82. The van der Waals surface area contributed by atoms with Crippen LogP contribution < -0.4 is 5.32 Å². The number of ether oxygens (including phenoxy) is 1. The highest BCUT2D eigenvalue weighted by Crippen LogP contribution is 2.06. The predicted octanol–water partition coefficient (Wildman–Crippen LogP) is 2.56. The highest BCUT2D eigenvalue weighted by atomic mass is 32.1. The first kappa shape index (κ1) is 15.9. The fourth-order valence-corrected chi connectivity index (χ4v) is 1.80. The van der Waals surface area contributed by atoms with Crippen LogP contribution in [0.1, 0.15) is 18.9 Å². The van der Waals surface area contributed by atoms with E-state index in [1.807, 2.05) is 24.9 Å². The summed E-state index contributed by atoms with van der Waals surface area (Å²) in [6.07, 6.45) is 0.918. The molecule has 0 aliphatic rings. The van der Waals surface area contributed by atoms with Crippen LogP contribution in [-0.4, -0.2) is 36.8 Å². The molecule has 106 valence electrons. The molecule has 1 aromatic carbocycles. The molecule has 3 nitrogen and oxygen atoms in total. The van der Waals surface area contributed by atoms with Gasteiger partial charge in [0.1, 0.15) is 5.82 Å². The van der Waals surface area contributed by atoms with Crippen LogP contribution in [0.5, 0.6) is 0 Å². The predicted molar refractivity (Wildman–Crippen MR) is 79.6 cm³/mol. The van der Waals surface area contributed by atoms with Crippen LogP contribution in [0.4, 0.5) is 4.39 Å². The molecular formula is C14H21FN2OS. The summed E-state index contributed by atoms with van der Waals surface area (Å²) >= 11 is 5.27. The standard InChI is InChI=1S/C14H21FN2OS/c1-3-18-9-5-8-16-14(19)17(2)11-12-6-4-7-13(15)10-12/h4,6-7,10H,3,5,8-9,11H2,1-2H3,(H,16,19). The third kappa shape index (κ3) is 6.50. The van der Waals surface area contributed by atoms with Gasteiger partial charge in [-0.05, 0) is 43.3 Å². The molecule has 1 rings (SSSR count). The maximum atomic E-state index is 13.1. The van der Waals surface area contributed by atoms with Gasteiger partial charge in [-0.2, -0.15) is 0 Å². The first-order chi connectivity index (χ1) is 9.13. The average Bonchev–Trinajstić information content (AvgIpc) is 2.38. The molecule has 0 radical (unpaired) electrons. The Labute approximate surface area is 119 Å². The molecule has 0 amide bonds. The molecule has 0 saturated carbocycles. The van der Waals surface area contributed by atoms with E-state index in [0.717, 1.165) is 31.7 Å². The fourth-order valence-electron chi connectivity index (χ4n) is 1.63. The van der Waals surface area contributed by atoms with Crippen molar-refractivity contribution in [2.24, 2.45) is 0 Å². The summed E-state index contributed by atoms with van der Waals surface area (Å²) in [4.78, 5) is 1.89. The van der Waals surface area contributed by atoms with Crippen molar-refractivity contribution in [3.05, 3.63) is 35.6 Å². The van der Waals surface area contributed by atoms with Gasteiger partial charge in [0.15, 0.2) is 5.11 Å². The van der Waals surface area contributed by atoms with Gasteiger partial charge < -0.3 is 15.0 Å². The second-order valence-electron chi connectivity index (χ2n) is 4.27. The minimum absolute atomic E-state index is 0.221. The molecule has 0 bridgehead atoms. The molecule has 0 spiro atoms. The van der Waals surface area contributed by atoms with Crippen LogP contribution >= 0.6 is 12.2 Å². The molecule has 0 aliphatic heterocycles. The van der Waals surface area contributed by atoms with Gasteiger partial charge in [-0.3, -0.25) is 0 Å². The monoisotopic (exact) mass is 284 g/mol. The number of hydrogen-bond acceptors (Lipinski definition) is 2. The zero-order valence-electron chi connectivity index (χ0n) is 11.5. The van der Waals surface area contributed by atoms with Gasteiger partial charge in [0.2, 0.25) is 0 Å². The van der Waals surface area contributed by atoms with Crippen molar-refractivity contribution in [3.8, 4) is 0 Å². The number of nitrogens with one attached hydrogen (secondary N) is 1. The van der Waals surface area contributed by atoms with Crippen LogP contribution in [0.15, 0.2) is 24.3 Å². The van der Waals surface area contributed by atoms with E-state index in [0.29, 0.717) is 11.7 Å². The van der Waals surface area contributed by atoms with Gasteiger partial charge in [-0.1, -0.05) is 12.1 Å². The Morgan fingerprint density at radius 3 is 2.95 bits per heavy atom. The highest BCUT2D eigenvalue weighted by Gasteiger charge is 2.05. The van der Waals surface area contributed by atoms with Crippen LogP contribution in [0.2, 0.25) is 0 Å². The average molecular weight is 284 g/mol. The highest BCUT2D eigenvalue weighted by molar-refractivity contribution is 7.80. The first-order valence-electron chi connectivity index (χ1n) is 6.44. The van der Waals surface area contributed by atoms with E-state index < -0.39 is 0 Å². The number of hydrogen-bond donors (Lipinski definition) is 1. The van der Waals surface area contributed by atoms with E-state index in [2.05, 4.69) is 5.32 Å². The van der Waals surface area contributed by atoms with Crippen LogP contribution in [0.25, 0.3) is 0 Å². The summed E-state index contributed by atoms with van der Waals surface area (Å²) in [5.41, 5.74) is 0.904. The third-order valence-electron chi connectivity index (χ3n) is 2.60. The maximum Gasteiger partial charge on any atom is 0.168 e. The molecule has 0 aromatic heterocycles. The minimum Gasteiger partial charge on any atom is -0.382 e. The first-order valence-corrected chi connectivity index (χ1v) is 6.85. The Morgan fingerprint density at radius 1 is 1.47 bits per heavy atom. The van der Waals surface area contributed by atoms with Crippen LogP contribution in [-0.2, 0) is 11.3 Å². The zero-order valence-corrected chi connectivity index (χ0v) is 12.3. The summed E-state index contributed by atoms with van der Waals surface area (Å²) in [5, 5.41) is 3.83. The number of halogens is 1. The van der Waals surface area contributed by atoms with Gasteiger partial charge in [-0.15, -0.1) is 0 Å². The molecule has 0 saturated heterocycles. The molecule has 0 fully saturated rings. The Kier molecular flexibility index (Phi) is 7.36. The SMILES string of the molecule is CCOCCCNC(=S)N(C)Cc1cccc(F)c1. The Balaban J connectivity index is 2.28. The van der Waals surface area contributed by atoms with Crippen molar-refractivity contribution >= 4 is 17.3 Å². The molecule has 5 heteroatoms. The fraction of sp³-hybridized carbons (Fsp3) is 0.500. The van der Waals surface area contributed by atoms with Crippen molar-refractivity contribution in [1.29, 1.82) is 0 Å². The van der Waals surface area contributed by atoms with Gasteiger partial charge >= 0.3 is 0 Å². The molecule has 0 atom stereocenters. The van der Waals surface area contributed by atoms with Crippen molar-refractivity contribution in [2.45, 2.75) is 19.9 Å². The molecule has 1 N–H and O–H groups in total. The number of nitrogens with zero attached hydrogens (tertiary/aromatic N) is 1. The number of thiocarbonyl (C=S) groups is 1. The van der Waals surface area contributed by atoms with Crippen molar-refractivity contribution in [1.82, 2.24) is 10.2 Å². The minimum atomic E-state index is -0.221.